The number of hydrogen-bond donors (Lipinski definition) is 1. The van der Waals surface area contributed by atoms with E-state index in [0.29, 0.717) is 19.0 Å². The van der Waals surface area contributed by atoms with Crippen molar-refractivity contribution in [2.45, 2.75) is 24.9 Å². The Bertz CT molecular complexity index is 503. The average Bonchev–Trinajstić information content (AvgIpc) is 3.20. The van der Waals surface area contributed by atoms with Crippen LogP contribution in [0.4, 0.5) is 32.2 Å². The van der Waals surface area contributed by atoms with Gasteiger partial charge in [-0.15, -0.1) is 0 Å². The zero-order valence-electron chi connectivity index (χ0n) is 10.6. The molecule has 0 saturated heterocycles. The maximum Gasteiger partial charge on any atom is 0.422 e. The molecule has 1 heterocycles. The van der Waals surface area contributed by atoms with Crippen molar-refractivity contribution in [3.05, 3.63) is 12.0 Å². The van der Waals surface area contributed by atoms with Gasteiger partial charge in [-0.3, -0.25) is 0 Å². The molecule has 118 valence electrons. The molecule has 2 rings (SSSR count). The van der Waals surface area contributed by atoms with Crippen molar-refractivity contribution in [1.82, 2.24) is 9.97 Å². The second-order valence-electron chi connectivity index (χ2n) is 4.64. The summed E-state index contributed by atoms with van der Waals surface area (Å²) in [5, 5.41) is 2.07. The van der Waals surface area contributed by atoms with Crippen LogP contribution in [0.2, 0.25) is 0 Å². The molecule has 1 aliphatic rings. The topological polar surface area (TPSA) is 47.0 Å². The van der Waals surface area contributed by atoms with Crippen LogP contribution in [0, 0.1) is 11.7 Å². The first-order valence-corrected chi connectivity index (χ1v) is 6.01. The van der Waals surface area contributed by atoms with Crippen LogP contribution < -0.4 is 10.1 Å². The maximum atomic E-state index is 13.4. The van der Waals surface area contributed by atoms with Gasteiger partial charge in [0.1, 0.15) is 0 Å². The van der Waals surface area contributed by atoms with Gasteiger partial charge in [0, 0.05) is 5.92 Å². The van der Waals surface area contributed by atoms with E-state index in [9.17, 15) is 26.3 Å². The van der Waals surface area contributed by atoms with Crippen molar-refractivity contribution in [3.8, 4) is 6.01 Å². The van der Waals surface area contributed by atoms with Crippen molar-refractivity contribution in [2.24, 2.45) is 5.92 Å². The quantitative estimate of drug-likeness (QED) is 0.820. The third kappa shape index (κ3) is 4.64. The molecule has 0 amide bonds. The van der Waals surface area contributed by atoms with Crippen LogP contribution in [0.5, 0.6) is 6.01 Å². The monoisotopic (exact) mass is 315 g/mol. The molecule has 0 aromatic carbocycles. The summed E-state index contributed by atoms with van der Waals surface area (Å²) < 4.78 is 80.2. The average molecular weight is 315 g/mol. The summed E-state index contributed by atoms with van der Waals surface area (Å²) >= 11 is 0. The lowest BCUT2D eigenvalue weighted by molar-refractivity contribution is -0.154. The van der Waals surface area contributed by atoms with Crippen molar-refractivity contribution >= 4 is 5.82 Å². The molecular formula is C11H11F6N3O. The molecule has 1 aromatic rings. The molecule has 21 heavy (non-hydrogen) atoms. The van der Waals surface area contributed by atoms with Gasteiger partial charge in [0.25, 0.3) is 5.92 Å². The van der Waals surface area contributed by atoms with Gasteiger partial charge in [-0.25, -0.2) is 18.2 Å². The third-order valence-electron chi connectivity index (χ3n) is 2.75. The largest absolute Gasteiger partial charge is 0.454 e. The summed E-state index contributed by atoms with van der Waals surface area (Å²) in [6, 6.07) is -0.744. The fourth-order valence-corrected chi connectivity index (χ4v) is 1.54. The predicted molar refractivity (Wildman–Crippen MR) is 59.7 cm³/mol. The van der Waals surface area contributed by atoms with Gasteiger partial charge in [-0.2, -0.15) is 18.2 Å². The highest BCUT2D eigenvalue weighted by Gasteiger charge is 2.46. The molecule has 10 heteroatoms. The summed E-state index contributed by atoms with van der Waals surface area (Å²) in [6.07, 6.45) is -3.28. The van der Waals surface area contributed by atoms with Crippen molar-refractivity contribution in [1.29, 1.82) is 0 Å². The summed E-state index contributed by atoms with van der Waals surface area (Å²) in [5.41, 5.74) is 0. The van der Waals surface area contributed by atoms with E-state index >= 15 is 0 Å². The molecule has 4 nitrogen and oxygen atoms in total. The molecule has 0 atom stereocenters. The number of halogens is 6. The van der Waals surface area contributed by atoms with Crippen LogP contribution in [0.25, 0.3) is 0 Å². The number of hydrogen-bond acceptors (Lipinski definition) is 4. The Morgan fingerprint density at radius 1 is 1.24 bits per heavy atom. The number of alkyl halides is 5. The van der Waals surface area contributed by atoms with E-state index in [2.05, 4.69) is 20.0 Å². The Kier molecular flexibility index (Phi) is 4.15. The van der Waals surface area contributed by atoms with Gasteiger partial charge in [0.15, 0.2) is 18.2 Å². The highest BCUT2D eigenvalue weighted by atomic mass is 19.4. The predicted octanol–water partition coefficient (Wildman–Crippen LogP) is 3.01. The smallest absolute Gasteiger partial charge is 0.422 e. The fourth-order valence-electron chi connectivity index (χ4n) is 1.54. The number of anilines is 1. The second-order valence-corrected chi connectivity index (χ2v) is 4.64. The van der Waals surface area contributed by atoms with E-state index in [1.807, 2.05) is 0 Å². The number of rotatable bonds is 6. The minimum atomic E-state index is -4.61. The number of nitrogens with zero attached hydrogens (tertiary/aromatic N) is 2. The minimum Gasteiger partial charge on any atom is -0.454 e. The lowest BCUT2D eigenvalue weighted by Crippen LogP contribution is -2.30. The van der Waals surface area contributed by atoms with Crippen LogP contribution in [-0.4, -0.2) is 35.2 Å². The normalized spacial score (nSPS) is 15.9. The van der Waals surface area contributed by atoms with E-state index in [1.54, 1.807) is 0 Å². The molecule has 1 aromatic heterocycles. The Labute approximate surface area is 115 Å². The van der Waals surface area contributed by atoms with Gasteiger partial charge < -0.3 is 10.1 Å². The number of nitrogens with one attached hydrogen (secondary N) is 1. The highest BCUT2D eigenvalue weighted by molar-refractivity contribution is 5.36. The van der Waals surface area contributed by atoms with Gasteiger partial charge in [0.05, 0.1) is 12.7 Å². The molecule has 0 spiro atoms. The summed E-state index contributed by atoms with van der Waals surface area (Å²) in [7, 11) is 0. The Balaban J connectivity index is 1.98. The Morgan fingerprint density at radius 3 is 2.48 bits per heavy atom. The number of aromatic nitrogens is 2. The first-order chi connectivity index (χ1) is 9.67. The van der Waals surface area contributed by atoms with Crippen LogP contribution >= 0.6 is 0 Å². The van der Waals surface area contributed by atoms with Crippen LogP contribution in [-0.2, 0) is 0 Å². The molecule has 0 radical (unpaired) electrons. The molecule has 0 bridgehead atoms. The molecule has 0 aliphatic heterocycles. The molecule has 1 N–H and O–H groups in total. The van der Waals surface area contributed by atoms with Gasteiger partial charge in [-0.1, -0.05) is 0 Å². The highest BCUT2D eigenvalue weighted by Crippen LogP contribution is 2.43. The van der Waals surface area contributed by atoms with E-state index in [1.165, 1.54) is 0 Å². The van der Waals surface area contributed by atoms with Crippen LogP contribution in [0.3, 0.4) is 0 Å². The standard InChI is InChI=1S/C11H11F6N3O/c12-7-3-18-9(21-5-11(15,16)17)20-8(7)19-4-10(13,14)6-1-2-6/h3,6H,1-2,4-5H2,(H,18,19,20). The van der Waals surface area contributed by atoms with E-state index in [-0.39, 0.29) is 0 Å². The Hall–Kier alpha value is -1.74. The molecule has 1 fully saturated rings. The lowest BCUT2D eigenvalue weighted by atomic mass is 10.2. The molecular weight excluding hydrogens is 304 g/mol. The SMILES string of the molecule is Fc1cnc(OCC(F)(F)F)nc1NCC(F)(F)C1CC1. The number of ether oxygens (including phenoxy) is 1. The van der Waals surface area contributed by atoms with Crippen molar-refractivity contribution in [3.63, 3.8) is 0 Å². The van der Waals surface area contributed by atoms with Crippen molar-refractivity contribution < 1.29 is 31.1 Å². The Morgan fingerprint density at radius 2 is 1.90 bits per heavy atom. The van der Waals surface area contributed by atoms with Crippen LogP contribution in [0.15, 0.2) is 6.20 Å². The zero-order valence-corrected chi connectivity index (χ0v) is 10.6. The van der Waals surface area contributed by atoms with Crippen LogP contribution in [0.1, 0.15) is 12.8 Å². The third-order valence-corrected chi connectivity index (χ3v) is 2.75. The van der Waals surface area contributed by atoms with Gasteiger partial charge in [-0.05, 0) is 12.8 Å². The maximum absolute atomic E-state index is 13.4. The van der Waals surface area contributed by atoms with E-state index < -0.39 is 48.8 Å². The fraction of sp³-hybridized carbons (Fsp3) is 0.636. The van der Waals surface area contributed by atoms with E-state index in [0.717, 1.165) is 0 Å². The van der Waals surface area contributed by atoms with Gasteiger partial charge >= 0.3 is 12.2 Å². The molecule has 0 unspecified atom stereocenters. The summed E-state index contributed by atoms with van der Waals surface area (Å²) in [6.45, 7) is -2.51. The minimum absolute atomic E-state index is 0.390. The molecule has 1 aliphatic carbocycles. The summed E-state index contributed by atoms with van der Waals surface area (Å²) in [4.78, 5) is 6.50. The summed E-state index contributed by atoms with van der Waals surface area (Å²) in [5.74, 6) is -5.45. The lowest BCUT2D eigenvalue weighted by Gasteiger charge is -2.17. The van der Waals surface area contributed by atoms with Crippen molar-refractivity contribution in [2.75, 3.05) is 18.5 Å². The first-order valence-electron chi connectivity index (χ1n) is 6.01. The first kappa shape index (κ1) is 15.6. The van der Waals surface area contributed by atoms with Gasteiger partial charge in [0.2, 0.25) is 0 Å². The molecule has 1 saturated carbocycles. The zero-order chi connectivity index (χ0) is 15.7. The van der Waals surface area contributed by atoms with E-state index in [4.69, 9.17) is 0 Å². The second kappa shape index (κ2) is 5.57.